The molecule has 1 aliphatic rings. The molecular weight excluding hydrogens is 278 g/mol. The summed E-state index contributed by atoms with van der Waals surface area (Å²) in [6.07, 6.45) is 6.32. The normalized spacial score (nSPS) is 15.0. The lowest BCUT2D eigenvalue weighted by Gasteiger charge is -2.14. The minimum atomic E-state index is -0.939. The molecule has 0 saturated heterocycles. The van der Waals surface area contributed by atoms with Gasteiger partial charge in [-0.2, -0.15) is 0 Å². The van der Waals surface area contributed by atoms with Gasteiger partial charge in [-0.1, -0.05) is 12.8 Å². The van der Waals surface area contributed by atoms with Gasteiger partial charge in [0.2, 0.25) is 0 Å². The van der Waals surface area contributed by atoms with Gasteiger partial charge in [0.1, 0.15) is 12.1 Å². The van der Waals surface area contributed by atoms with Gasteiger partial charge in [-0.3, -0.25) is 0 Å². The molecule has 1 aliphatic carbocycles. The summed E-state index contributed by atoms with van der Waals surface area (Å²) in [6, 6.07) is 5.42. The molecule has 1 aromatic heterocycles. The number of nitrogens with zero attached hydrogens (tertiary/aromatic N) is 2. The Kier molecular flexibility index (Phi) is 4.39. The molecular formula is C14H16ClN3O2. The van der Waals surface area contributed by atoms with Crippen molar-refractivity contribution >= 4 is 35.1 Å². The second kappa shape index (κ2) is 6.05. The van der Waals surface area contributed by atoms with Crippen molar-refractivity contribution in [1.82, 2.24) is 9.97 Å². The average molecular weight is 294 g/mol. The van der Waals surface area contributed by atoms with E-state index in [1.54, 1.807) is 18.2 Å². The van der Waals surface area contributed by atoms with Crippen LogP contribution in [0.3, 0.4) is 0 Å². The van der Waals surface area contributed by atoms with Gasteiger partial charge in [0, 0.05) is 11.4 Å². The Morgan fingerprint density at radius 1 is 1.25 bits per heavy atom. The van der Waals surface area contributed by atoms with Crippen LogP contribution in [0.5, 0.6) is 0 Å². The third-order valence-electron chi connectivity index (χ3n) is 3.58. The molecule has 0 atom stereocenters. The fourth-order valence-corrected chi connectivity index (χ4v) is 2.57. The van der Waals surface area contributed by atoms with Gasteiger partial charge in [0.15, 0.2) is 0 Å². The number of fused-ring (bicyclic) bond motifs is 1. The quantitative estimate of drug-likeness (QED) is 0.909. The summed E-state index contributed by atoms with van der Waals surface area (Å²) in [6.45, 7) is 0. The van der Waals surface area contributed by atoms with Crippen molar-refractivity contribution in [2.24, 2.45) is 0 Å². The molecule has 0 amide bonds. The van der Waals surface area contributed by atoms with Crippen LogP contribution in [0.1, 0.15) is 36.0 Å². The van der Waals surface area contributed by atoms with E-state index in [0.717, 1.165) is 11.2 Å². The number of hydrogen-bond donors (Lipinski definition) is 2. The number of benzene rings is 1. The van der Waals surface area contributed by atoms with Crippen molar-refractivity contribution < 1.29 is 9.90 Å². The molecule has 0 radical (unpaired) electrons. The Balaban J connectivity index is 0.00000147. The summed E-state index contributed by atoms with van der Waals surface area (Å²) in [7, 11) is 0. The van der Waals surface area contributed by atoms with Crippen LogP contribution in [0.15, 0.2) is 24.5 Å². The van der Waals surface area contributed by atoms with E-state index in [4.69, 9.17) is 5.11 Å². The van der Waals surface area contributed by atoms with Crippen LogP contribution < -0.4 is 5.32 Å². The first-order valence-corrected chi connectivity index (χ1v) is 6.48. The highest BCUT2D eigenvalue weighted by Crippen LogP contribution is 2.25. The summed E-state index contributed by atoms with van der Waals surface area (Å²) in [5.41, 5.74) is 0.911. The van der Waals surface area contributed by atoms with Crippen molar-refractivity contribution in [3.8, 4) is 0 Å². The van der Waals surface area contributed by atoms with E-state index in [1.807, 2.05) is 0 Å². The van der Waals surface area contributed by atoms with E-state index in [1.165, 1.54) is 32.0 Å². The lowest BCUT2D eigenvalue weighted by Crippen LogP contribution is -2.15. The molecule has 2 aromatic rings. The first-order valence-electron chi connectivity index (χ1n) is 6.48. The Hall–Kier alpha value is -1.88. The maximum atomic E-state index is 10.9. The zero-order valence-electron chi connectivity index (χ0n) is 10.9. The Morgan fingerprint density at radius 2 is 2.00 bits per heavy atom. The van der Waals surface area contributed by atoms with Crippen molar-refractivity contribution in [2.45, 2.75) is 31.7 Å². The van der Waals surface area contributed by atoms with Gasteiger partial charge in [-0.15, -0.1) is 12.4 Å². The fourth-order valence-electron chi connectivity index (χ4n) is 2.57. The van der Waals surface area contributed by atoms with E-state index < -0.39 is 5.97 Å². The molecule has 2 N–H and O–H groups in total. The zero-order chi connectivity index (χ0) is 13.2. The highest BCUT2D eigenvalue weighted by molar-refractivity contribution is 5.96. The van der Waals surface area contributed by atoms with Crippen LogP contribution in [-0.4, -0.2) is 27.1 Å². The topological polar surface area (TPSA) is 75.1 Å². The van der Waals surface area contributed by atoms with Crippen LogP contribution in [-0.2, 0) is 0 Å². The predicted octanol–water partition coefficient (Wildman–Crippen LogP) is 3.10. The molecule has 0 unspecified atom stereocenters. The Labute approximate surface area is 122 Å². The second-order valence-electron chi connectivity index (χ2n) is 4.89. The minimum absolute atomic E-state index is 0. The smallest absolute Gasteiger partial charge is 0.335 e. The number of aromatic carboxylic acids is 1. The van der Waals surface area contributed by atoms with Crippen LogP contribution >= 0.6 is 12.4 Å². The van der Waals surface area contributed by atoms with Gasteiger partial charge < -0.3 is 10.4 Å². The Morgan fingerprint density at radius 3 is 2.70 bits per heavy atom. The molecule has 5 nitrogen and oxygen atoms in total. The predicted molar refractivity (Wildman–Crippen MR) is 79.6 cm³/mol. The summed E-state index contributed by atoms with van der Waals surface area (Å²) in [4.78, 5) is 19.4. The van der Waals surface area contributed by atoms with Gasteiger partial charge in [-0.05, 0) is 31.0 Å². The number of rotatable bonds is 3. The largest absolute Gasteiger partial charge is 0.478 e. The molecule has 20 heavy (non-hydrogen) atoms. The molecule has 0 spiro atoms. The third-order valence-corrected chi connectivity index (χ3v) is 3.58. The van der Waals surface area contributed by atoms with Gasteiger partial charge in [-0.25, -0.2) is 14.8 Å². The zero-order valence-corrected chi connectivity index (χ0v) is 11.7. The molecule has 0 bridgehead atoms. The number of nitrogens with one attached hydrogen (secondary N) is 1. The van der Waals surface area contributed by atoms with Gasteiger partial charge in [0.05, 0.1) is 11.1 Å². The van der Waals surface area contributed by atoms with Crippen molar-refractivity contribution in [1.29, 1.82) is 0 Å². The lowest BCUT2D eigenvalue weighted by molar-refractivity contribution is 0.0697. The van der Waals surface area contributed by atoms with Crippen molar-refractivity contribution in [2.75, 3.05) is 5.32 Å². The number of anilines is 1. The van der Waals surface area contributed by atoms with Crippen LogP contribution in [0.4, 0.5) is 5.82 Å². The Bertz CT molecular complexity index is 627. The fraction of sp³-hybridized carbons (Fsp3) is 0.357. The van der Waals surface area contributed by atoms with Gasteiger partial charge >= 0.3 is 5.97 Å². The highest BCUT2D eigenvalue weighted by atomic mass is 35.5. The summed E-state index contributed by atoms with van der Waals surface area (Å²) in [5.74, 6) is -0.139. The molecule has 3 rings (SSSR count). The SMILES string of the molecule is Cl.O=C(O)c1ccc2c(NC3CCCC3)ncnc2c1. The first-order chi connectivity index (χ1) is 9.24. The molecule has 6 heteroatoms. The maximum Gasteiger partial charge on any atom is 0.335 e. The lowest BCUT2D eigenvalue weighted by atomic mass is 10.1. The van der Waals surface area contributed by atoms with Crippen LogP contribution in [0.25, 0.3) is 10.9 Å². The molecule has 1 saturated carbocycles. The summed E-state index contributed by atoms with van der Waals surface area (Å²) < 4.78 is 0. The van der Waals surface area contributed by atoms with E-state index in [9.17, 15) is 4.79 Å². The maximum absolute atomic E-state index is 10.9. The standard InChI is InChI=1S/C14H15N3O2.ClH/c18-14(19)9-5-6-11-12(7-9)15-8-16-13(11)17-10-3-1-2-4-10;/h5-8,10H,1-4H2,(H,18,19)(H,15,16,17);1H. The van der Waals surface area contributed by atoms with E-state index >= 15 is 0 Å². The molecule has 0 aliphatic heterocycles. The third kappa shape index (κ3) is 2.82. The number of aromatic nitrogens is 2. The molecule has 1 aromatic carbocycles. The first kappa shape index (κ1) is 14.5. The number of halogens is 1. The summed E-state index contributed by atoms with van der Waals surface area (Å²) >= 11 is 0. The van der Waals surface area contributed by atoms with Crippen LogP contribution in [0.2, 0.25) is 0 Å². The van der Waals surface area contributed by atoms with Crippen LogP contribution in [0, 0.1) is 0 Å². The number of hydrogen-bond acceptors (Lipinski definition) is 4. The number of carbonyl (C=O) groups is 1. The monoisotopic (exact) mass is 293 g/mol. The van der Waals surface area contributed by atoms with E-state index in [-0.39, 0.29) is 18.0 Å². The molecule has 106 valence electrons. The minimum Gasteiger partial charge on any atom is -0.478 e. The van der Waals surface area contributed by atoms with Crippen molar-refractivity contribution in [3.05, 3.63) is 30.1 Å². The van der Waals surface area contributed by atoms with Crippen molar-refractivity contribution in [3.63, 3.8) is 0 Å². The number of carboxylic acids is 1. The number of carboxylic acid groups (broad SMARTS) is 1. The average Bonchev–Trinajstić information content (AvgIpc) is 2.91. The summed E-state index contributed by atoms with van der Waals surface area (Å²) in [5, 5.41) is 13.3. The van der Waals surface area contributed by atoms with E-state index in [0.29, 0.717) is 11.6 Å². The second-order valence-corrected chi connectivity index (χ2v) is 4.89. The molecule has 1 fully saturated rings. The van der Waals surface area contributed by atoms with Gasteiger partial charge in [0.25, 0.3) is 0 Å². The highest BCUT2D eigenvalue weighted by Gasteiger charge is 2.16. The van der Waals surface area contributed by atoms with E-state index in [2.05, 4.69) is 15.3 Å². The molecule has 1 heterocycles.